The molecule has 35 heavy (non-hydrogen) atoms. The summed E-state index contributed by atoms with van der Waals surface area (Å²) in [4.78, 5) is 2.34. The van der Waals surface area contributed by atoms with E-state index in [-0.39, 0.29) is 0 Å². The second kappa shape index (κ2) is 7.09. The first-order chi connectivity index (χ1) is 17.2. The van der Waals surface area contributed by atoms with E-state index in [0.29, 0.717) is 5.56 Å². The Morgan fingerprint density at radius 1 is 0.600 bits per heavy atom. The highest BCUT2D eigenvalue weighted by molar-refractivity contribution is 5.96. The van der Waals surface area contributed by atoms with E-state index in [1.54, 1.807) is 0 Å². The molecule has 3 heteroatoms. The van der Waals surface area contributed by atoms with Gasteiger partial charge in [0.1, 0.15) is 0 Å². The second-order valence-corrected chi connectivity index (χ2v) is 9.13. The van der Waals surface area contributed by atoms with Crippen molar-refractivity contribution in [3.63, 3.8) is 0 Å². The summed E-state index contributed by atoms with van der Waals surface area (Å²) in [7, 11) is 0. The lowest BCUT2D eigenvalue weighted by molar-refractivity contribution is 0.752. The molecule has 0 aromatic heterocycles. The zero-order valence-electron chi connectivity index (χ0n) is 18.9. The van der Waals surface area contributed by atoms with Crippen LogP contribution < -0.4 is 10.6 Å². The second-order valence-electron chi connectivity index (χ2n) is 9.13. The van der Waals surface area contributed by atoms with Gasteiger partial charge in [-0.25, -0.2) is 0 Å². The number of nitriles is 1. The first-order valence-electron chi connectivity index (χ1n) is 11.7. The van der Waals surface area contributed by atoms with Crippen molar-refractivity contribution < 1.29 is 0 Å². The number of hydrogen-bond donors (Lipinski definition) is 1. The summed E-state index contributed by atoms with van der Waals surface area (Å²) in [5.74, 6) is 0. The molecule has 2 N–H and O–H groups in total. The lowest BCUT2D eigenvalue weighted by Crippen LogP contribution is -2.36. The fourth-order valence-electron chi connectivity index (χ4n) is 6.09. The zero-order valence-corrected chi connectivity index (χ0v) is 18.9. The summed E-state index contributed by atoms with van der Waals surface area (Å²) in [6, 6.07) is 42.4. The van der Waals surface area contributed by atoms with Gasteiger partial charge in [-0.1, -0.05) is 66.7 Å². The van der Waals surface area contributed by atoms with Crippen LogP contribution in [0.2, 0.25) is 0 Å². The molecule has 0 unspecified atom stereocenters. The first kappa shape index (κ1) is 19.6. The molecule has 5 aromatic rings. The number of benzene rings is 5. The molecule has 2 aliphatic rings. The number of nitrogens with two attached hydrogens (primary N) is 1. The highest BCUT2D eigenvalue weighted by Gasteiger charge is 2.51. The Hall–Kier alpha value is -4.81. The van der Waals surface area contributed by atoms with Crippen molar-refractivity contribution in [1.29, 1.82) is 5.26 Å². The molecule has 5 aromatic carbocycles. The fourth-order valence-corrected chi connectivity index (χ4v) is 6.09. The maximum atomic E-state index is 9.82. The van der Waals surface area contributed by atoms with Crippen LogP contribution in [0.5, 0.6) is 0 Å². The van der Waals surface area contributed by atoms with Crippen LogP contribution in [0.25, 0.3) is 11.1 Å². The highest BCUT2D eigenvalue weighted by Crippen LogP contribution is 2.63. The van der Waals surface area contributed by atoms with Gasteiger partial charge in [0.2, 0.25) is 0 Å². The molecular weight excluding hydrogens is 426 g/mol. The van der Waals surface area contributed by atoms with E-state index in [1.807, 2.05) is 18.2 Å². The summed E-state index contributed by atoms with van der Waals surface area (Å²) in [6.45, 7) is 0. The Morgan fingerprint density at radius 3 is 1.83 bits per heavy atom. The molecule has 1 aliphatic carbocycles. The quantitative estimate of drug-likeness (QED) is 0.269. The summed E-state index contributed by atoms with van der Waals surface area (Å²) in [5.41, 5.74) is 17.6. The van der Waals surface area contributed by atoms with Gasteiger partial charge in [0.15, 0.2) is 0 Å². The molecule has 164 valence electrons. The lowest BCUT2D eigenvalue weighted by Gasteiger charge is -2.45. The van der Waals surface area contributed by atoms with E-state index in [9.17, 15) is 5.26 Å². The molecule has 0 bridgehead atoms. The number of rotatable bonds is 1. The van der Waals surface area contributed by atoms with Crippen molar-refractivity contribution >= 4 is 22.7 Å². The standard InChI is InChI=1S/C32H21N3/c33-20-21-14-16-24-25-17-15-22(34)19-29(25)32(28(24)18-21)26-10-4-6-12-30(26)35(23-8-2-1-3-9-23)31-13-7-5-11-27(31)32/h1-19H,34H2. The molecule has 0 atom stereocenters. The minimum atomic E-state index is -0.578. The predicted molar refractivity (Wildman–Crippen MR) is 141 cm³/mol. The number of fused-ring (bicyclic) bond motifs is 9. The molecule has 1 aliphatic heterocycles. The average molecular weight is 448 g/mol. The Morgan fingerprint density at radius 2 is 1.17 bits per heavy atom. The van der Waals surface area contributed by atoms with Gasteiger partial charge in [0.05, 0.1) is 28.4 Å². The van der Waals surface area contributed by atoms with Crippen LogP contribution in [0.1, 0.15) is 27.8 Å². The van der Waals surface area contributed by atoms with Crippen LogP contribution in [0.3, 0.4) is 0 Å². The SMILES string of the molecule is N#Cc1ccc2c(c1)C1(c3cc(N)ccc3-2)c2ccccc2N(c2ccccc2)c2ccccc21. The van der Waals surface area contributed by atoms with E-state index >= 15 is 0 Å². The van der Waals surface area contributed by atoms with Crippen molar-refractivity contribution in [3.8, 4) is 17.2 Å². The largest absolute Gasteiger partial charge is 0.399 e. The summed E-state index contributed by atoms with van der Waals surface area (Å²) in [6.07, 6.45) is 0. The van der Waals surface area contributed by atoms with Gasteiger partial charge in [-0.05, 0) is 81.9 Å². The normalized spacial score (nSPS) is 14.0. The van der Waals surface area contributed by atoms with E-state index in [4.69, 9.17) is 5.73 Å². The van der Waals surface area contributed by atoms with Crippen LogP contribution in [-0.2, 0) is 5.41 Å². The average Bonchev–Trinajstić information content (AvgIpc) is 3.19. The van der Waals surface area contributed by atoms with Crippen molar-refractivity contribution in [2.24, 2.45) is 0 Å². The van der Waals surface area contributed by atoms with Crippen LogP contribution in [0, 0.1) is 11.3 Å². The zero-order chi connectivity index (χ0) is 23.6. The number of anilines is 4. The van der Waals surface area contributed by atoms with E-state index in [0.717, 1.165) is 45.0 Å². The van der Waals surface area contributed by atoms with E-state index < -0.39 is 5.41 Å². The van der Waals surface area contributed by atoms with Crippen molar-refractivity contribution in [1.82, 2.24) is 0 Å². The molecule has 0 radical (unpaired) electrons. The van der Waals surface area contributed by atoms with Gasteiger partial charge < -0.3 is 10.6 Å². The van der Waals surface area contributed by atoms with Crippen molar-refractivity contribution in [2.45, 2.75) is 5.41 Å². The third-order valence-electron chi connectivity index (χ3n) is 7.40. The Kier molecular flexibility index (Phi) is 3.98. The fraction of sp³-hybridized carbons (Fsp3) is 0.0312. The molecule has 0 amide bonds. The number of nitrogen functional groups attached to an aromatic ring is 1. The molecule has 1 spiro atoms. The van der Waals surface area contributed by atoms with E-state index in [1.165, 1.54) is 11.1 Å². The monoisotopic (exact) mass is 447 g/mol. The topological polar surface area (TPSA) is 53.1 Å². The van der Waals surface area contributed by atoms with Gasteiger partial charge in [-0.3, -0.25) is 0 Å². The van der Waals surface area contributed by atoms with Crippen LogP contribution >= 0.6 is 0 Å². The smallest absolute Gasteiger partial charge is 0.0991 e. The van der Waals surface area contributed by atoms with Gasteiger partial charge in [0.25, 0.3) is 0 Å². The molecule has 1 heterocycles. The van der Waals surface area contributed by atoms with Gasteiger partial charge in [-0.2, -0.15) is 5.26 Å². The van der Waals surface area contributed by atoms with Gasteiger partial charge in [0, 0.05) is 11.4 Å². The van der Waals surface area contributed by atoms with Crippen molar-refractivity contribution in [2.75, 3.05) is 10.6 Å². The maximum Gasteiger partial charge on any atom is 0.0991 e. The molecule has 3 nitrogen and oxygen atoms in total. The van der Waals surface area contributed by atoms with Gasteiger partial charge >= 0.3 is 0 Å². The first-order valence-corrected chi connectivity index (χ1v) is 11.7. The van der Waals surface area contributed by atoms with Crippen LogP contribution in [0.4, 0.5) is 22.7 Å². The third-order valence-corrected chi connectivity index (χ3v) is 7.40. The van der Waals surface area contributed by atoms with Crippen LogP contribution in [-0.4, -0.2) is 0 Å². The highest BCUT2D eigenvalue weighted by atomic mass is 15.2. The molecule has 0 saturated carbocycles. The Balaban J connectivity index is 1.68. The van der Waals surface area contributed by atoms with Crippen LogP contribution in [0.15, 0.2) is 115 Å². The predicted octanol–water partition coefficient (Wildman–Crippen LogP) is 7.29. The van der Waals surface area contributed by atoms with Gasteiger partial charge in [-0.15, -0.1) is 0 Å². The molecular formula is C32H21N3. The molecule has 0 fully saturated rings. The molecule has 0 saturated heterocycles. The third kappa shape index (κ3) is 2.48. The number of para-hydroxylation sites is 3. The minimum Gasteiger partial charge on any atom is -0.399 e. The van der Waals surface area contributed by atoms with E-state index in [2.05, 4.69) is 108 Å². The lowest BCUT2D eigenvalue weighted by atomic mass is 9.64. The van der Waals surface area contributed by atoms with Crippen molar-refractivity contribution in [3.05, 3.63) is 143 Å². The number of nitrogens with zero attached hydrogens (tertiary/aromatic N) is 2. The summed E-state index contributed by atoms with van der Waals surface area (Å²) < 4.78 is 0. The Bertz CT molecular complexity index is 1630. The minimum absolute atomic E-state index is 0.578. The summed E-state index contributed by atoms with van der Waals surface area (Å²) >= 11 is 0. The Labute approximate surface area is 204 Å². The number of hydrogen-bond acceptors (Lipinski definition) is 3. The molecule has 7 rings (SSSR count). The maximum absolute atomic E-state index is 9.82. The summed E-state index contributed by atoms with van der Waals surface area (Å²) in [5, 5.41) is 9.82.